The molecule has 0 aliphatic heterocycles. The summed E-state index contributed by atoms with van der Waals surface area (Å²) in [4.78, 5) is 10.4. The van der Waals surface area contributed by atoms with Crippen molar-refractivity contribution in [3.05, 3.63) is 28.2 Å². The molecule has 1 aromatic rings. The van der Waals surface area contributed by atoms with E-state index < -0.39 is 5.97 Å². The average molecular weight is 301 g/mol. The lowest BCUT2D eigenvalue weighted by atomic mass is 10.1. The largest absolute Gasteiger partial charge is 0.494 e. The molecule has 0 aliphatic carbocycles. The molecule has 0 fully saturated rings. The lowest BCUT2D eigenvalue weighted by Gasteiger charge is -2.10. The van der Waals surface area contributed by atoms with E-state index in [9.17, 15) is 4.79 Å². The van der Waals surface area contributed by atoms with Gasteiger partial charge in [-0.1, -0.05) is 15.9 Å². The summed E-state index contributed by atoms with van der Waals surface area (Å²) in [6.07, 6.45) is 2.65. The van der Waals surface area contributed by atoms with Crippen LogP contribution in [0.25, 0.3) is 0 Å². The first kappa shape index (κ1) is 14.0. The minimum atomic E-state index is -0.732. The van der Waals surface area contributed by atoms with Gasteiger partial charge in [-0.3, -0.25) is 4.79 Å². The van der Waals surface area contributed by atoms with Gasteiger partial charge in [-0.25, -0.2) is 0 Å². The molecule has 0 unspecified atom stereocenters. The molecule has 3 nitrogen and oxygen atoms in total. The topological polar surface area (TPSA) is 46.5 Å². The molecule has 0 aromatic heterocycles. The summed E-state index contributed by atoms with van der Waals surface area (Å²) < 4.78 is 6.56. The minimum absolute atomic E-state index is 0.234. The van der Waals surface area contributed by atoms with Crippen molar-refractivity contribution in [1.82, 2.24) is 0 Å². The summed E-state index contributed by atoms with van der Waals surface area (Å²) in [7, 11) is 0. The van der Waals surface area contributed by atoms with E-state index >= 15 is 0 Å². The molecular formula is C13H17BrO3. The van der Waals surface area contributed by atoms with Crippen molar-refractivity contribution >= 4 is 21.9 Å². The summed E-state index contributed by atoms with van der Waals surface area (Å²) in [5.74, 6) is 0.162. The molecule has 0 saturated heterocycles. The van der Waals surface area contributed by atoms with E-state index in [0.29, 0.717) is 13.0 Å². The van der Waals surface area contributed by atoms with Crippen LogP contribution in [-0.2, 0) is 11.2 Å². The highest BCUT2D eigenvalue weighted by Gasteiger charge is 2.05. The number of carbonyl (C=O) groups is 1. The van der Waals surface area contributed by atoms with Crippen LogP contribution >= 0.6 is 15.9 Å². The predicted molar refractivity (Wildman–Crippen MR) is 70.5 cm³/mol. The first-order valence-corrected chi connectivity index (χ1v) is 6.55. The van der Waals surface area contributed by atoms with E-state index in [2.05, 4.69) is 15.9 Å². The molecule has 1 aromatic carbocycles. The van der Waals surface area contributed by atoms with E-state index in [0.717, 1.165) is 28.6 Å². The van der Waals surface area contributed by atoms with E-state index in [1.807, 2.05) is 25.1 Å². The zero-order chi connectivity index (χ0) is 12.7. The fourth-order valence-corrected chi connectivity index (χ4v) is 2.04. The first-order valence-electron chi connectivity index (χ1n) is 5.76. The van der Waals surface area contributed by atoms with E-state index in [1.54, 1.807) is 0 Å². The Morgan fingerprint density at radius 2 is 2.18 bits per heavy atom. The lowest BCUT2D eigenvalue weighted by Crippen LogP contribution is -1.98. The summed E-state index contributed by atoms with van der Waals surface area (Å²) >= 11 is 3.43. The smallest absolute Gasteiger partial charge is 0.303 e. The van der Waals surface area contributed by atoms with Gasteiger partial charge in [-0.05, 0) is 49.9 Å². The van der Waals surface area contributed by atoms with Gasteiger partial charge < -0.3 is 9.84 Å². The number of carboxylic acid groups (broad SMARTS) is 1. The fraction of sp³-hybridized carbons (Fsp3) is 0.462. The van der Waals surface area contributed by atoms with Crippen LogP contribution in [0.2, 0.25) is 0 Å². The Kier molecular flexibility index (Phi) is 6.05. The van der Waals surface area contributed by atoms with Crippen LogP contribution in [-0.4, -0.2) is 17.7 Å². The molecule has 94 valence electrons. The van der Waals surface area contributed by atoms with Crippen LogP contribution in [0.1, 0.15) is 31.7 Å². The van der Waals surface area contributed by atoms with Gasteiger partial charge in [-0.2, -0.15) is 0 Å². The van der Waals surface area contributed by atoms with Gasteiger partial charge in [0.25, 0.3) is 0 Å². The fourth-order valence-electron chi connectivity index (χ4n) is 1.63. The van der Waals surface area contributed by atoms with Crippen molar-refractivity contribution in [1.29, 1.82) is 0 Å². The van der Waals surface area contributed by atoms with Gasteiger partial charge in [0.1, 0.15) is 5.75 Å². The van der Waals surface area contributed by atoms with Crippen LogP contribution in [0.5, 0.6) is 5.75 Å². The van der Waals surface area contributed by atoms with Crippen molar-refractivity contribution in [2.45, 2.75) is 32.6 Å². The Hall–Kier alpha value is -1.03. The van der Waals surface area contributed by atoms with Crippen molar-refractivity contribution < 1.29 is 14.6 Å². The molecule has 4 heteroatoms. The van der Waals surface area contributed by atoms with Crippen LogP contribution in [0, 0.1) is 0 Å². The molecule has 1 rings (SSSR count). The molecule has 0 radical (unpaired) electrons. The van der Waals surface area contributed by atoms with Gasteiger partial charge >= 0.3 is 5.97 Å². The lowest BCUT2D eigenvalue weighted by molar-refractivity contribution is -0.137. The number of halogens is 1. The minimum Gasteiger partial charge on any atom is -0.494 e. The normalized spacial score (nSPS) is 10.2. The maximum Gasteiger partial charge on any atom is 0.303 e. The number of benzene rings is 1. The van der Waals surface area contributed by atoms with Crippen LogP contribution in [0.4, 0.5) is 0 Å². The number of hydrogen-bond acceptors (Lipinski definition) is 2. The SMILES string of the molecule is CCOc1ccc(Br)cc1CCCCC(=O)O. The highest BCUT2D eigenvalue weighted by Crippen LogP contribution is 2.25. The number of unbranched alkanes of at least 4 members (excludes halogenated alkanes) is 1. The number of aryl methyl sites for hydroxylation is 1. The van der Waals surface area contributed by atoms with Crippen LogP contribution < -0.4 is 4.74 Å². The highest BCUT2D eigenvalue weighted by molar-refractivity contribution is 9.10. The van der Waals surface area contributed by atoms with Crippen LogP contribution in [0.3, 0.4) is 0 Å². The molecule has 0 amide bonds. The average Bonchev–Trinajstić information content (AvgIpc) is 2.28. The second kappa shape index (κ2) is 7.33. The third kappa shape index (κ3) is 5.22. The Morgan fingerprint density at radius 1 is 1.41 bits per heavy atom. The number of carboxylic acids is 1. The van der Waals surface area contributed by atoms with Crippen molar-refractivity contribution in [3.8, 4) is 5.75 Å². The van der Waals surface area contributed by atoms with Crippen molar-refractivity contribution in [2.24, 2.45) is 0 Å². The summed E-state index contributed by atoms with van der Waals surface area (Å²) in [6.45, 7) is 2.60. The molecule has 1 N–H and O–H groups in total. The van der Waals surface area contributed by atoms with Gasteiger partial charge in [-0.15, -0.1) is 0 Å². The second-order valence-electron chi connectivity index (χ2n) is 3.79. The molecule has 17 heavy (non-hydrogen) atoms. The van der Waals surface area contributed by atoms with E-state index in [4.69, 9.17) is 9.84 Å². The molecule has 0 heterocycles. The third-order valence-electron chi connectivity index (χ3n) is 2.41. The first-order chi connectivity index (χ1) is 8.13. The maximum absolute atomic E-state index is 10.4. The van der Waals surface area contributed by atoms with E-state index in [-0.39, 0.29) is 6.42 Å². The number of rotatable bonds is 7. The van der Waals surface area contributed by atoms with Crippen LogP contribution in [0.15, 0.2) is 22.7 Å². The Labute approximate surface area is 110 Å². The van der Waals surface area contributed by atoms with E-state index in [1.165, 1.54) is 0 Å². The molecule has 0 atom stereocenters. The summed E-state index contributed by atoms with van der Waals surface area (Å²) in [5, 5.41) is 8.56. The zero-order valence-corrected chi connectivity index (χ0v) is 11.5. The second-order valence-corrected chi connectivity index (χ2v) is 4.70. The maximum atomic E-state index is 10.4. The standard InChI is InChI=1S/C13H17BrO3/c1-2-17-12-8-7-11(14)9-10(12)5-3-4-6-13(15)16/h7-9H,2-6H2,1H3,(H,15,16). The predicted octanol–water partition coefficient (Wildman–Crippen LogP) is 3.65. The Morgan fingerprint density at radius 3 is 2.82 bits per heavy atom. The van der Waals surface area contributed by atoms with Gasteiger partial charge in [0, 0.05) is 10.9 Å². The Bertz CT molecular complexity index is 377. The van der Waals surface area contributed by atoms with Gasteiger partial charge in [0.15, 0.2) is 0 Å². The molecule has 0 bridgehead atoms. The number of hydrogen-bond donors (Lipinski definition) is 1. The molecule has 0 aliphatic rings. The summed E-state index contributed by atoms with van der Waals surface area (Å²) in [5.41, 5.74) is 1.13. The van der Waals surface area contributed by atoms with Crippen molar-refractivity contribution in [2.75, 3.05) is 6.61 Å². The number of aliphatic carboxylic acids is 1. The quantitative estimate of drug-likeness (QED) is 0.782. The van der Waals surface area contributed by atoms with Gasteiger partial charge in [0.2, 0.25) is 0 Å². The Balaban J connectivity index is 2.55. The van der Waals surface area contributed by atoms with Gasteiger partial charge in [0.05, 0.1) is 6.61 Å². The molecular weight excluding hydrogens is 284 g/mol. The monoisotopic (exact) mass is 300 g/mol. The van der Waals surface area contributed by atoms with Crippen molar-refractivity contribution in [3.63, 3.8) is 0 Å². The summed E-state index contributed by atoms with van der Waals surface area (Å²) in [6, 6.07) is 5.93. The zero-order valence-electron chi connectivity index (χ0n) is 9.91. The third-order valence-corrected chi connectivity index (χ3v) is 2.90. The highest BCUT2D eigenvalue weighted by atomic mass is 79.9. The molecule has 0 spiro atoms. The molecule has 0 saturated carbocycles. The number of ether oxygens (including phenoxy) is 1.